The van der Waals surface area contributed by atoms with E-state index in [1.54, 1.807) is 42.5 Å². The van der Waals surface area contributed by atoms with Crippen LogP contribution in [0.3, 0.4) is 0 Å². The van der Waals surface area contributed by atoms with E-state index in [2.05, 4.69) is 22.0 Å². The van der Waals surface area contributed by atoms with Crippen LogP contribution in [0.25, 0.3) is 11.6 Å². The Labute approximate surface area is 197 Å². The van der Waals surface area contributed by atoms with Gasteiger partial charge in [-0.25, -0.2) is 0 Å². The third kappa shape index (κ3) is 4.91. The number of ether oxygens (including phenoxy) is 4. The molecule has 8 nitrogen and oxygen atoms in total. The van der Waals surface area contributed by atoms with Gasteiger partial charge in [-0.05, 0) is 81.2 Å². The third-order valence-electron chi connectivity index (χ3n) is 4.90. The number of nitriles is 1. The van der Waals surface area contributed by atoms with Gasteiger partial charge in [-0.1, -0.05) is 0 Å². The molecule has 0 fully saturated rings. The molecule has 0 aromatic heterocycles. The molecule has 0 saturated heterocycles. The first-order valence-electron chi connectivity index (χ1n) is 9.74. The lowest BCUT2D eigenvalue weighted by atomic mass is 10.0. The van der Waals surface area contributed by atoms with Gasteiger partial charge in [0, 0.05) is 12.1 Å². The van der Waals surface area contributed by atoms with E-state index >= 15 is 0 Å². The van der Waals surface area contributed by atoms with Crippen LogP contribution in [-0.4, -0.2) is 18.8 Å². The maximum atomic E-state index is 10.8. The molecule has 3 aromatic carbocycles. The molecule has 4 rings (SSSR count). The van der Waals surface area contributed by atoms with Crippen LogP contribution in [0.5, 0.6) is 23.0 Å². The number of nitro benzene ring substituents is 1. The Morgan fingerprint density at radius 2 is 1.94 bits per heavy atom. The van der Waals surface area contributed by atoms with E-state index in [4.69, 9.17) is 18.9 Å². The van der Waals surface area contributed by atoms with E-state index in [1.165, 1.54) is 19.2 Å². The lowest BCUT2D eigenvalue weighted by molar-refractivity contribution is -0.384. The lowest BCUT2D eigenvalue weighted by Crippen LogP contribution is -1.99. The number of allylic oxidation sites excluding steroid dienone is 1. The molecule has 0 unspecified atom stereocenters. The van der Waals surface area contributed by atoms with Crippen LogP contribution in [0.4, 0.5) is 5.69 Å². The molecule has 1 aliphatic rings. The zero-order chi connectivity index (χ0) is 23.4. The van der Waals surface area contributed by atoms with Gasteiger partial charge >= 0.3 is 0 Å². The molecular formula is C24H17BrN2O6. The monoisotopic (exact) mass is 508 g/mol. The summed E-state index contributed by atoms with van der Waals surface area (Å²) in [4.78, 5) is 10.4. The summed E-state index contributed by atoms with van der Waals surface area (Å²) in [7, 11) is 1.52. The Bertz CT molecular complexity index is 1280. The van der Waals surface area contributed by atoms with Gasteiger partial charge in [-0.3, -0.25) is 10.1 Å². The molecule has 0 radical (unpaired) electrons. The third-order valence-corrected chi connectivity index (χ3v) is 5.49. The van der Waals surface area contributed by atoms with Crippen LogP contribution in [0.2, 0.25) is 0 Å². The van der Waals surface area contributed by atoms with E-state index in [0.717, 1.165) is 11.1 Å². The SMILES string of the molecule is COc1cc(/C=C(/C#N)c2ccc3c(c2)OCO3)cc(Br)c1OCc1ccc([N+](=O)[O-])cc1. The predicted octanol–water partition coefficient (Wildman–Crippen LogP) is 5.74. The van der Waals surface area contributed by atoms with E-state index < -0.39 is 4.92 Å². The predicted molar refractivity (Wildman–Crippen MR) is 124 cm³/mol. The normalized spacial score (nSPS) is 12.2. The molecule has 3 aromatic rings. The van der Waals surface area contributed by atoms with Gasteiger partial charge in [-0.15, -0.1) is 0 Å². The summed E-state index contributed by atoms with van der Waals surface area (Å²) >= 11 is 3.51. The van der Waals surface area contributed by atoms with Gasteiger partial charge in [0.15, 0.2) is 23.0 Å². The highest BCUT2D eigenvalue weighted by atomic mass is 79.9. The summed E-state index contributed by atoms with van der Waals surface area (Å²) in [6, 6.07) is 17.3. The average Bonchev–Trinajstić information content (AvgIpc) is 3.29. The second-order valence-electron chi connectivity index (χ2n) is 6.98. The summed E-state index contributed by atoms with van der Waals surface area (Å²) in [5.74, 6) is 2.20. The van der Waals surface area contributed by atoms with Crippen molar-refractivity contribution in [1.29, 1.82) is 5.26 Å². The molecular weight excluding hydrogens is 492 g/mol. The molecule has 0 aliphatic carbocycles. The van der Waals surface area contributed by atoms with Gasteiger partial charge in [0.2, 0.25) is 6.79 Å². The summed E-state index contributed by atoms with van der Waals surface area (Å²) in [6.45, 7) is 0.360. The number of fused-ring (bicyclic) bond motifs is 1. The Kier molecular flexibility index (Phi) is 6.47. The standard InChI is InChI=1S/C24H17BrN2O6/c1-30-23-10-16(8-18(12-26)17-4-7-21-22(11-17)33-14-32-21)9-20(25)24(23)31-13-15-2-5-19(6-3-15)27(28)29/h2-11H,13-14H2,1H3/b18-8-. The highest BCUT2D eigenvalue weighted by Gasteiger charge is 2.16. The number of halogens is 1. The largest absolute Gasteiger partial charge is 0.493 e. The minimum Gasteiger partial charge on any atom is -0.493 e. The van der Waals surface area contributed by atoms with E-state index in [-0.39, 0.29) is 19.1 Å². The van der Waals surface area contributed by atoms with Crippen molar-refractivity contribution in [2.24, 2.45) is 0 Å². The summed E-state index contributed by atoms with van der Waals surface area (Å²) in [6.07, 6.45) is 1.74. The minimum atomic E-state index is -0.449. The molecule has 1 aliphatic heterocycles. The lowest BCUT2D eigenvalue weighted by Gasteiger charge is -2.14. The van der Waals surface area contributed by atoms with Crippen molar-refractivity contribution in [3.8, 4) is 29.1 Å². The molecule has 1 heterocycles. The molecule has 0 N–H and O–H groups in total. The van der Waals surface area contributed by atoms with Crippen molar-refractivity contribution in [2.75, 3.05) is 13.9 Å². The zero-order valence-corrected chi connectivity index (χ0v) is 19.0. The summed E-state index contributed by atoms with van der Waals surface area (Å²) in [5, 5.41) is 20.5. The first kappa shape index (κ1) is 22.2. The van der Waals surface area contributed by atoms with Crippen LogP contribution in [0.1, 0.15) is 16.7 Å². The number of nitro groups is 1. The van der Waals surface area contributed by atoms with Gasteiger partial charge in [0.05, 0.1) is 28.1 Å². The first-order chi connectivity index (χ1) is 16.0. The fourth-order valence-corrected chi connectivity index (χ4v) is 3.82. The Morgan fingerprint density at radius 3 is 2.64 bits per heavy atom. The maximum absolute atomic E-state index is 10.8. The van der Waals surface area contributed by atoms with E-state index in [0.29, 0.717) is 38.6 Å². The number of hydrogen-bond acceptors (Lipinski definition) is 7. The Balaban J connectivity index is 1.57. The molecule has 9 heteroatoms. The molecule has 166 valence electrons. The van der Waals surface area contributed by atoms with Crippen LogP contribution in [0.15, 0.2) is 59.1 Å². The molecule has 0 atom stereocenters. The number of rotatable bonds is 7. The van der Waals surface area contributed by atoms with Crippen molar-refractivity contribution in [3.63, 3.8) is 0 Å². The Hall–Kier alpha value is -4.03. The van der Waals surface area contributed by atoms with Crippen LogP contribution >= 0.6 is 15.9 Å². The topological polar surface area (TPSA) is 104 Å². The molecule has 0 bridgehead atoms. The summed E-state index contributed by atoms with van der Waals surface area (Å²) in [5.41, 5.74) is 2.67. The van der Waals surface area contributed by atoms with Crippen LogP contribution in [-0.2, 0) is 6.61 Å². The number of hydrogen-bond donors (Lipinski definition) is 0. The Morgan fingerprint density at radius 1 is 1.18 bits per heavy atom. The number of benzene rings is 3. The smallest absolute Gasteiger partial charge is 0.269 e. The number of methoxy groups -OCH3 is 1. The minimum absolute atomic E-state index is 0.0180. The number of non-ortho nitro benzene ring substituents is 1. The van der Waals surface area contributed by atoms with Crippen molar-refractivity contribution in [1.82, 2.24) is 0 Å². The summed E-state index contributed by atoms with van der Waals surface area (Å²) < 4.78 is 22.8. The second-order valence-corrected chi connectivity index (χ2v) is 7.84. The van der Waals surface area contributed by atoms with Crippen molar-refractivity contribution < 1.29 is 23.9 Å². The van der Waals surface area contributed by atoms with Crippen molar-refractivity contribution in [2.45, 2.75) is 6.61 Å². The molecule has 0 amide bonds. The highest BCUT2D eigenvalue weighted by molar-refractivity contribution is 9.10. The average molecular weight is 509 g/mol. The fourth-order valence-electron chi connectivity index (χ4n) is 3.24. The highest BCUT2D eigenvalue weighted by Crippen LogP contribution is 2.39. The van der Waals surface area contributed by atoms with Gasteiger partial charge in [0.1, 0.15) is 6.61 Å². The van der Waals surface area contributed by atoms with Crippen LogP contribution in [0, 0.1) is 21.4 Å². The fraction of sp³-hybridized carbons (Fsp3) is 0.125. The van der Waals surface area contributed by atoms with E-state index in [9.17, 15) is 15.4 Å². The zero-order valence-electron chi connectivity index (χ0n) is 17.4. The van der Waals surface area contributed by atoms with Crippen LogP contribution < -0.4 is 18.9 Å². The maximum Gasteiger partial charge on any atom is 0.269 e. The molecule has 33 heavy (non-hydrogen) atoms. The quantitative estimate of drug-likeness (QED) is 0.173. The first-order valence-corrected chi connectivity index (χ1v) is 10.5. The van der Waals surface area contributed by atoms with Gasteiger partial charge in [0.25, 0.3) is 5.69 Å². The van der Waals surface area contributed by atoms with E-state index in [1.807, 2.05) is 6.07 Å². The van der Waals surface area contributed by atoms with Crippen molar-refractivity contribution >= 4 is 33.3 Å². The molecule has 0 saturated carbocycles. The number of nitrogens with zero attached hydrogens (tertiary/aromatic N) is 2. The van der Waals surface area contributed by atoms with Crippen molar-refractivity contribution in [3.05, 3.63) is 85.9 Å². The molecule has 0 spiro atoms. The van der Waals surface area contributed by atoms with Gasteiger partial charge in [-0.2, -0.15) is 5.26 Å². The van der Waals surface area contributed by atoms with Gasteiger partial charge < -0.3 is 18.9 Å². The second kappa shape index (κ2) is 9.63.